The van der Waals surface area contributed by atoms with E-state index < -0.39 is 14.4 Å². The molecule has 35 heavy (non-hydrogen) atoms. The van der Waals surface area contributed by atoms with Crippen LogP contribution in [0.25, 0.3) is 11.8 Å². The van der Waals surface area contributed by atoms with Crippen LogP contribution in [0.15, 0.2) is 53.2 Å². The highest BCUT2D eigenvalue weighted by Gasteiger charge is 2.29. The van der Waals surface area contributed by atoms with Crippen LogP contribution >= 0.6 is 0 Å². The average molecular weight is 490 g/mol. The molecule has 1 aromatic heterocycles. The number of ether oxygens (including phenoxy) is 1. The largest absolute Gasteiger partial charge is 0.497 e. The summed E-state index contributed by atoms with van der Waals surface area (Å²) in [5.74, 6) is 1.97. The Morgan fingerprint density at radius 1 is 1.20 bits per heavy atom. The minimum absolute atomic E-state index is 0.0902. The number of amides is 1. The first-order valence-corrected chi connectivity index (χ1v) is 14.7. The highest BCUT2D eigenvalue weighted by atomic mass is 28.4. The third-order valence-electron chi connectivity index (χ3n) is 5.75. The van der Waals surface area contributed by atoms with E-state index in [0.717, 1.165) is 33.9 Å². The summed E-state index contributed by atoms with van der Waals surface area (Å²) in [7, 11) is -0.653. The van der Waals surface area contributed by atoms with E-state index in [1.165, 1.54) is 0 Å². The molecule has 0 saturated carbocycles. The van der Waals surface area contributed by atoms with Gasteiger partial charge in [0, 0.05) is 17.7 Å². The third kappa shape index (κ3) is 5.41. The van der Waals surface area contributed by atoms with Crippen LogP contribution in [0.5, 0.6) is 5.75 Å². The van der Waals surface area contributed by atoms with E-state index in [-0.39, 0.29) is 12.3 Å². The molecule has 1 atom stereocenters. The Bertz CT molecular complexity index is 1290. The zero-order valence-corrected chi connectivity index (χ0v) is 21.7. The van der Waals surface area contributed by atoms with Gasteiger partial charge in [0.1, 0.15) is 17.6 Å². The highest BCUT2D eigenvalue weighted by molar-refractivity contribution is 6.75. The SMILES string of the molecule is CCNC(=O)C[C@@H]1N=C(c2ccc(/C=C/[Si](C)(C)O)cc2)c2cc(OC)ccc2-n2c(C)nnc21. The number of rotatable bonds is 7. The van der Waals surface area contributed by atoms with Gasteiger partial charge in [-0.15, -0.1) is 10.2 Å². The predicted molar refractivity (Wildman–Crippen MR) is 140 cm³/mol. The predicted octanol–water partition coefficient (Wildman–Crippen LogP) is 3.75. The number of carbonyl (C=O) groups is 1. The van der Waals surface area contributed by atoms with Gasteiger partial charge in [-0.1, -0.05) is 36.0 Å². The van der Waals surface area contributed by atoms with Gasteiger partial charge in [0.2, 0.25) is 14.2 Å². The zero-order valence-electron chi connectivity index (χ0n) is 20.7. The van der Waals surface area contributed by atoms with Crippen molar-refractivity contribution in [2.45, 2.75) is 39.4 Å². The molecule has 0 unspecified atom stereocenters. The Kier molecular flexibility index (Phi) is 6.99. The normalized spacial score (nSPS) is 15.3. The van der Waals surface area contributed by atoms with Gasteiger partial charge < -0.3 is 14.8 Å². The van der Waals surface area contributed by atoms with Crippen LogP contribution < -0.4 is 10.1 Å². The van der Waals surface area contributed by atoms with E-state index in [1.54, 1.807) is 7.11 Å². The van der Waals surface area contributed by atoms with Crippen molar-refractivity contribution in [2.75, 3.05) is 13.7 Å². The Balaban J connectivity index is 1.86. The molecule has 4 rings (SSSR count). The van der Waals surface area contributed by atoms with Crippen LogP contribution in [0.4, 0.5) is 0 Å². The molecular weight excluding hydrogens is 458 g/mol. The maximum Gasteiger partial charge on any atom is 0.222 e. The number of methoxy groups -OCH3 is 1. The number of hydrogen-bond acceptors (Lipinski definition) is 6. The van der Waals surface area contributed by atoms with Crippen LogP contribution in [-0.4, -0.2) is 53.2 Å². The van der Waals surface area contributed by atoms with Crippen molar-refractivity contribution >= 4 is 26.0 Å². The molecule has 1 amide bonds. The molecule has 2 heterocycles. The molecule has 0 radical (unpaired) electrons. The van der Waals surface area contributed by atoms with Gasteiger partial charge in [-0.2, -0.15) is 0 Å². The van der Waals surface area contributed by atoms with Gasteiger partial charge in [0.25, 0.3) is 0 Å². The smallest absolute Gasteiger partial charge is 0.222 e. The summed E-state index contributed by atoms with van der Waals surface area (Å²) in [4.78, 5) is 27.8. The molecule has 3 aromatic rings. The van der Waals surface area contributed by atoms with Crippen LogP contribution in [0.1, 0.15) is 47.7 Å². The number of benzene rings is 2. The number of nitrogens with one attached hydrogen (secondary N) is 1. The maximum absolute atomic E-state index is 12.6. The zero-order chi connectivity index (χ0) is 25.2. The van der Waals surface area contributed by atoms with Gasteiger partial charge in [0.15, 0.2) is 5.82 Å². The lowest BCUT2D eigenvalue weighted by molar-refractivity contribution is -0.121. The van der Waals surface area contributed by atoms with Gasteiger partial charge >= 0.3 is 0 Å². The third-order valence-corrected chi connectivity index (χ3v) is 6.74. The molecule has 9 heteroatoms. The number of hydrogen-bond donors (Lipinski definition) is 2. The first-order chi connectivity index (χ1) is 16.7. The molecule has 0 bridgehead atoms. The quantitative estimate of drug-likeness (QED) is 0.492. The summed E-state index contributed by atoms with van der Waals surface area (Å²) in [6.45, 7) is 8.08. The molecule has 2 N–H and O–H groups in total. The van der Waals surface area contributed by atoms with Gasteiger partial charge in [-0.25, -0.2) is 0 Å². The van der Waals surface area contributed by atoms with Crippen molar-refractivity contribution in [1.29, 1.82) is 0 Å². The molecule has 0 aliphatic carbocycles. The summed E-state index contributed by atoms with van der Waals surface area (Å²) in [6, 6.07) is 13.4. The molecule has 0 fully saturated rings. The molecule has 8 nitrogen and oxygen atoms in total. The van der Waals surface area contributed by atoms with Crippen molar-refractivity contribution in [2.24, 2.45) is 4.99 Å². The fourth-order valence-corrected chi connectivity index (χ4v) is 4.67. The minimum Gasteiger partial charge on any atom is -0.497 e. The molecule has 1 aliphatic heterocycles. The van der Waals surface area contributed by atoms with E-state index in [1.807, 2.05) is 85.7 Å². The van der Waals surface area contributed by atoms with E-state index in [4.69, 9.17) is 9.73 Å². The van der Waals surface area contributed by atoms with Crippen molar-refractivity contribution < 1.29 is 14.3 Å². The fourth-order valence-electron chi connectivity index (χ4n) is 4.07. The van der Waals surface area contributed by atoms with E-state index in [9.17, 15) is 9.59 Å². The van der Waals surface area contributed by atoms with Crippen LogP contribution in [0, 0.1) is 6.92 Å². The molecule has 2 aromatic carbocycles. The fraction of sp³-hybridized carbons (Fsp3) is 0.308. The molecule has 0 saturated heterocycles. The second kappa shape index (κ2) is 9.97. The van der Waals surface area contributed by atoms with Crippen LogP contribution in [-0.2, 0) is 4.79 Å². The van der Waals surface area contributed by atoms with E-state index in [0.29, 0.717) is 18.1 Å². The average Bonchev–Trinajstić information content (AvgIpc) is 3.15. The Morgan fingerprint density at radius 2 is 1.94 bits per heavy atom. The Hall–Kier alpha value is -3.56. The minimum atomic E-state index is -2.29. The topological polar surface area (TPSA) is 102 Å². The van der Waals surface area contributed by atoms with Gasteiger partial charge in [-0.3, -0.25) is 14.4 Å². The van der Waals surface area contributed by atoms with E-state index >= 15 is 0 Å². The van der Waals surface area contributed by atoms with Crippen molar-refractivity contribution in [1.82, 2.24) is 20.1 Å². The lowest BCUT2D eigenvalue weighted by atomic mass is 9.99. The summed E-state index contributed by atoms with van der Waals surface area (Å²) < 4.78 is 7.50. The molecular formula is C26H31N5O3Si. The second-order valence-corrected chi connectivity index (χ2v) is 12.7. The van der Waals surface area contributed by atoms with Crippen molar-refractivity contribution in [3.8, 4) is 11.4 Å². The lowest BCUT2D eigenvalue weighted by Gasteiger charge is -2.14. The number of aryl methyl sites for hydroxylation is 1. The number of fused-ring (bicyclic) bond motifs is 3. The molecule has 1 aliphatic rings. The molecule has 0 spiro atoms. The van der Waals surface area contributed by atoms with E-state index in [2.05, 4.69) is 15.5 Å². The highest BCUT2D eigenvalue weighted by Crippen LogP contribution is 2.34. The monoisotopic (exact) mass is 489 g/mol. The molecule has 182 valence electrons. The Morgan fingerprint density at radius 3 is 2.60 bits per heavy atom. The number of nitrogens with zero attached hydrogens (tertiary/aromatic N) is 4. The number of aromatic nitrogens is 3. The van der Waals surface area contributed by atoms with Crippen molar-refractivity contribution in [3.05, 3.63) is 76.5 Å². The number of carbonyl (C=O) groups excluding carboxylic acids is 1. The first-order valence-electron chi connectivity index (χ1n) is 11.7. The number of aliphatic imine (C=N–C) groups is 1. The summed E-state index contributed by atoms with van der Waals surface area (Å²) in [5, 5.41) is 11.6. The summed E-state index contributed by atoms with van der Waals surface area (Å²) >= 11 is 0. The standard InChI is InChI=1S/C26H31N5O3Si/c1-6-27-24(32)16-22-26-30-29-17(2)31(26)23-12-11-20(34-3)15-21(23)25(28-22)19-9-7-18(8-10-19)13-14-35(4,5)33/h7-15,22,33H,6,16H2,1-5H3,(H,27,32)/b14-13+/t22-/m0/s1. The Labute approximate surface area is 206 Å². The maximum atomic E-state index is 12.6. The van der Waals surface area contributed by atoms with Gasteiger partial charge in [0.05, 0.1) is 24.9 Å². The van der Waals surface area contributed by atoms with Crippen LogP contribution in [0.3, 0.4) is 0 Å². The summed E-state index contributed by atoms with van der Waals surface area (Å²) in [6.07, 6.45) is 2.11. The van der Waals surface area contributed by atoms with Crippen LogP contribution in [0.2, 0.25) is 13.1 Å². The lowest BCUT2D eigenvalue weighted by Crippen LogP contribution is -2.25. The van der Waals surface area contributed by atoms with Gasteiger partial charge in [-0.05, 0) is 50.7 Å². The first kappa shape index (κ1) is 24.6. The second-order valence-electron chi connectivity index (χ2n) is 9.08. The summed E-state index contributed by atoms with van der Waals surface area (Å²) in [5.41, 5.74) is 6.31. The van der Waals surface area contributed by atoms with Crippen molar-refractivity contribution in [3.63, 3.8) is 0 Å².